The lowest BCUT2D eigenvalue weighted by molar-refractivity contribution is 0.631. The Hall–Kier alpha value is -1.88. The fourth-order valence-electron chi connectivity index (χ4n) is 1.52. The van der Waals surface area contributed by atoms with Gasteiger partial charge in [-0.2, -0.15) is 5.10 Å². The van der Waals surface area contributed by atoms with E-state index in [1.165, 1.54) is 12.1 Å². The molecular formula is C11H13FN4. The van der Waals surface area contributed by atoms with Crippen LogP contribution < -0.4 is 11.1 Å². The van der Waals surface area contributed by atoms with Gasteiger partial charge in [0.05, 0.1) is 5.69 Å². The standard InChI is InChI=1S/C11H13FN4/c1-14-6-8-5-11(16-15-8)9-4-7(13)2-3-10(9)12/h2-5,14H,6,13H2,1H3,(H,15,16). The summed E-state index contributed by atoms with van der Waals surface area (Å²) in [5.74, 6) is -0.322. The molecule has 0 aliphatic rings. The second-order valence-corrected chi connectivity index (χ2v) is 3.55. The Labute approximate surface area is 92.7 Å². The van der Waals surface area contributed by atoms with Crippen molar-refractivity contribution in [2.24, 2.45) is 0 Å². The van der Waals surface area contributed by atoms with Crippen molar-refractivity contribution < 1.29 is 4.39 Å². The molecule has 84 valence electrons. The number of anilines is 1. The summed E-state index contributed by atoms with van der Waals surface area (Å²) in [4.78, 5) is 0. The molecule has 0 fully saturated rings. The molecule has 0 bridgehead atoms. The zero-order valence-corrected chi connectivity index (χ0v) is 8.92. The molecule has 0 atom stereocenters. The van der Waals surface area contributed by atoms with Crippen molar-refractivity contribution in [3.63, 3.8) is 0 Å². The average molecular weight is 220 g/mol. The summed E-state index contributed by atoms with van der Waals surface area (Å²) < 4.78 is 13.5. The number of nitrogens with two attached hydrogens (primary N) is 1. The van der Waals surface area contributed by atoms with E-state index in [9.17, 15) is 4.39 Å². The second-order valence-electron chi connectivity index (χ2n) is 3.55. The van der Waals surface area contributed by atoms with Gasteiger partial charge in [0.2, 0.25) is 0 Å². The number of halogens is 1. The van der Waals surface area contributed by atoms with Crippen LogP contribution in [0.4, 0.5) is 10.1 Å². The lowest BCUT2D eigenvalue weighted by Gasteiger charge is -2.00. The summed E-state index contributed by atoms with van der Waals surface area (Å²) in [6.07, 6.45) is 0. The third-order valence-electron chi connectivity index (χ3n) is 2.26. The molecule has 2 aromatic rings. The summed E-state index contributed by atoms with van der Waals surface area (Å²) in [5, 5.41) is 9.86. The van der Waals surface area contributed by atoms with Gasteiger partial charge in [-0.25, -0.2) is 4.39 Å². The van der Waals surface area contributed by atoms with Crippen LogP contribution in [0.1, 0.15) is 5.69 Å². The maximum absolute atomic E-state index is 13.5. The first-order valence-electron chi connectivity index (χ1n) is 4.95. The first-order valence-corrected chi connectivity index (χ1v) is 4.95. The summed E-state index contributed by atoms with van der Waals surface area (Å²) in [6, 6.07) is 6.25. The van der Waals surface area contributed by atoms with Crippen LogP contribution in [0, 0.1) is 5.82 Å². The van der Waals surface area contributed by atoms with Gasteiger partial charge in [0.1, 0.15) is 5.82 Å². The molecule has 0 aliphatic carbocycles. The Bertz CT molecular complexity index is 492. The third-order valence-corrected chi connectivity index (χ3v) is 2.26. The molecule has 1 aromatic carbocycles. The zero-order valence-electron chi connectivity index (χ0n) is 8.92. The Morgan fingerprint density at radius 3 is 3.00 bits per heavy atom. The average Bonchev–Trinajstić information content (AvgIpc) is 2.71. The SMILES string of the molecule is CNCc1cc(-c2cc(N)ccc2F)n[nH]1. The minimum absolute atomic E-state index is 0.322. The largest absolute Gasteiger partial charge is 0.399 e. The quantitative estimate of drug-likeness (QED) is 0.687. The van der Waals surface area contributed by atoms with E-state index < -0.39 is 0 Å². The van der Waals surface area contributed by atoms with Gasteiger partial charge in [-0.05, 0) is 31.3 Å². The summed E-state index contributed by atoms with van der Waals surface area (Å²) in [6.45, 7) is 0.664. The van der Waals surface area contributed by atoms with Crippen molar-refractivity contribution in [2.75, 3.05) is 12.8 Å². The number of H-pyrrole nitrogens is 1. The Morgan fingerprint density at radius 2 is 2.25 bits per heavy atom. The number of rotatable bonds is 3. The Balaban J connectivity index is 2.38. The molecule has 0 unspecified atom stereocenters. The smallest absolute Gasteiger partial charge is 0.132 e. The van der Waals surface area contributed by atoms with E-state index in [-0.39, 0.29) is 5.82 Å². The van der Waals surface area contributed by atoms with E-state index in [0.29, 0.717) is 23.5 Å². The highest BCUT2D eigenvalue weighted by Gasteiger charge is 2.09. The first-order chi connectivity index (χ1) is 7.70. The lowest BCUT2D eigenvalue weighted by Crippen LogP contribution is -2.04. The van der Waals surface area contributed by atoms with Gasteiger partial charge in [-0.1, -0.05) is 0 Å². The van der Waals surface area contributed by atoms with Crippen molar-refractivity contribution in [2.45, 2.75) is 6.54 Å². The van der Waals surface area contributed by atoms with Gasteiger partial charge in [0, 0.05) is 23.5 Å². The van der Waals surface area contributed by atoms with Gasteiger partial charge in [0.25, 0.3) is 0 Å². The van der Waals surface area contributed by atoms with Gasteiger partial charge in [0.15, 0.2) is 0 Å². The van der Waals surface area contributed by atoms with Crippen LogP contribution in [-0.2, 0) is 6.54 Å². The van der Waals surface area contributed by atoms with Crippen LogP contribution >= 0.6 is 0 Å². The molecule has 1 heterocycles. The minimum Gasteiger partial charge on any atom is -0.399 e. The highest BCUT2D eigenvalue weighted by atomic mass is 19.1. The van der Waals surface area contributed by atoms with Gasteiger partial charge in [-0.3, -0.25) is 5.10 Å². The number of benzene rings is 1. The molecule has 4 nitrogen and oxygen atoms in total. The number of hydrogen-bond donors (Lipinski definition) is 3. The summed E-state index contributed by atoms with van der Waals surface area (Å²) in [7, 11) is 1.83. The number of aromatic amines is 1. The van der Waals surface area contributed by atoms with E-state index in [2.05, 4.69) is 15.5 Å². The van der Waals surface area contributed by atoms with E-state index in [1.54, 1.807) is 12.1 Å². The maximum atomic E-state index is 13.5. The predicted octanol–water partition coefficient (Wildman–Crippen LogP) is 1.52. The number of hydrogen-bond acceptors (Lipinski definition) is 3. The van der Waals surface area contributed by atoms with Crippen molar-refractivity contribution in [3.8, 4) is 11.3 Å². The second kappa shape index (κ2) is 4.32. The molecule has 0 saturated heterocycles. The monoisotopic (exact) mass is 220 g/mol. The van der Waals surface area contributed by atoms with Crippen LogP contribution in [-0.4, -0.2) is 17.2 Å². The molecule has 4 N–H and O–H groups in total. The minimum atomic E-state index is -0.322. The predicted molar refractivity (Wildman–Crippen MR) is 61.2 cm³/mol. The fourth-order valence-corrected chi connectivity index (χ4v) is 1.52. The van der Waals surface area contributed by atoms with E-state index in [1.807, 2.05) is 7.05 Å². The number of aromatic nitrogens is 2. The molecule has 16 heavy (non-hydrogen) atoms. The van der Waals surface area contributed by atoms with Crippen LogP contribution in [0.25, 0.3) is 11.3 Å². The number of nitrogen functional groups attached to an aromatic ring is 1. The van der Waals surface area contributed by atoms with Crippen LogP contribution in [0.5, 0.6) is 0 Å². The molecular weight excluding hydrogens is 207 g/mol. The van der Waals surface area contributed by atoms with Gasteiger partial charge >= 0.3 is 0 Å². The normalized spacial score (nSPS) is 10.6. The molecule has 1 aromatic heterocycles. The van der Waals surface area contributed by atoms with Gasteiger partial charge in [-0.15, -0.1) is 0 Å². The van der Waals surface area contributed by atoms with Crippen LogP contribution in [0.3, 0.4) is 0 Å². The maximum Gasteiger partial charge on any atom is 0.132 e. The van der Waals surface area contributed by atoms with Crippen LogP contribution in [0.2, 0.25) is 0 Å². The molecule has 0 radical (unpaired) electrons. The molecule has 2 rings (SSSR count). The third kappa shape index (κ3) is 2.04. The van der Waals surface area contributed by atoms with Crippen molar-refractivity contribution >= 4 is 5.69 Å². The van der Waals surface area contributed by atoms with Crippen molar-refractivity contribution in [1.82, 2.24) is 15.5 Å². The number of nitrogens with one attached hydrogen (secondary N) is 2. The highest BCUT2D eigenvalue weighted by Crippen LogP contribution is 2.23. The highest BCUT2D eigenvalue weighted by molar-refractivity contribution is 5.64. The molecule has 0 amide bonds. The van der Waals surface area contributed by atoms with Gasteiger partial charge < -0.3 is 11.1 Å². The van der Waals surface area contributed by atoms with E-state index >= 15 is 0 Å². The molecule has 0 aliphatic heterocycles. The first kappa shape index (κ1) is 10.6. The Morgan fingerprint density at radius 1 is 1.44 bits per heavy atom. The molecule has 5 heteroatoms. The summed E-state index contributed by atoms with van der Waals surface area (Å²) in [5.41, 5.74) is 8.02. The fraction of sp³-hybridized carbons (Fsp3) is 0.182. The molecule has 0 saturated carbocycles. The van der Waals surface area contributed by atoms with Crippen molar-refractivity contribution in [3.05, 3.63) is 35.8 Å². The van der Waals surface area contributed by atoms with Crippen molar-refractivity contribution in [1.29, 1.82) is 0 Å². The Kier molecular flexibility index (Phi) is 2.87. The van der Waals surface area contributed by atoms with E-state index in [4.69, 9.17) is 5.73 Å². The molecule has 0 spiro atoms. The lowest BCUT2D eigenvalue weighted by atomic mass is 10.1. The zero-order chi connectivity index (χ0) is 11.5. The number of nitrogens with zero attached hydrogens (tertiary/aromatic N) is 1. The summed E-state index contributed by atoms with van der Waals surface area (Å²) >= 11 is 0. The van der Waals surface area contributed by atoms with E-state index in [0.717, 1.165) is 5.69 Å². The topological polar surface area (TPSA) is 66.7 Å². The van der Waals surface area contributed by atoms with Crippen LogP contribution in [0.15, 0.2) is 24.3 Å².